The number of aromatic nitrogens is 2. The maximum Gasteiger partial charge on any atom is 0.138 e. The maximum absolute atomic E-state index is 6.22. The quantitative estimate of drug-likeness (QED) is 0.868. The van der Waals surface area contributed by atoms with Crippen LogP contribution in [0.5, 0.6) is 0 Å². The predicted molar refractivity (Wildman–Crippen MR) is 85.4 cm³/mol. The van der Waals surface area contributed by atoms with E-state index >= 15 is 0 Å². The molecule has 4 nitrogen and oxygen atoms in total. The SMILES string of the molecule is CCNc1ncnc(Nc2cc(Cl)c(C)cc2Cl)c1C. The van der Waals surface area contributed by atoms with E-state index in [2.05, 4.69) is 20.6 Å². The van der Waals surface area contributed by atoms with Crippen LogP contribution in [0.3, 0.4) is 0 Å². The summed E-state index contributed by atoms with van der Waals surface area (Å²) < 4.78 is 0. The van der Waals surface area contributed by atoms with E-state index in [9.17, 15) is 0 Å². The molecule has 20 heavy (non-hydrogen) atoms. The third-order valence-electron chi connectivity index (χ3n) is 2.93. The van der Waals surface area contributed by atoms with E-state index < -0.39 is 0 Å². The van der Waals surface area contributed by atoms with Gasteiger partial charge in [0, 0.05) is 17.1 Å². The average Bonchev–Trinajstić information content (AvgIpc) is 2.40. The summed E-state index contributed by atoms with van der Waals surface area (Å²) in [6.07, 6.45) is 1.51. The number of rotatable bonds is 4. The number of hydrogen-bond donors (Lipinski definition) is 2. The Bertz CT molecular complexity index is 629. The van der Waals surface area contributed by atoms with Crippen molar-refractivity contribution in [1.82, 2.24) is 9.97 Å². The Labute approximate surface area is 128 Å². The van der Waals surface area contributed by atoms with Gasteiger partial charge in [-0.15, -0.1) is 0 Å². The average molecular weight is 311 g/mol. The van der Waals surface area contributed by atoms with Gasteiger partial charge in [0.25, 0.3) is 0 Å². The number of benzene rings is 1. The Morgan fingerprint density at radius 2 is 1.75 bits per heavy atom. The zero-order valence-electron chi connectivity index (χ0n) is 11.6. The minimum absolute atomic E-state index is 0.606. The molecule has 1 heterocycles. The van der Waals surface area contributed by atoms with Crippen LogP contribution in [0, 0.1) is 13.8 Å². The Kier molecular flexibility index (Phi) is 4.68. The molecule has 0 aliphatic heterocycles. The van der Waals surface area contributed by atoms with Crippen LogP contribution in [0.4, 0.5) is 17.3 Å². The van der Waals surface area contributed by atoms with Crippen molar-refractivity contribution in [2.75, 3.05) is 17.2 Å². The zero-order chi connectivity index (χ0) is 14.7. The molecule has 0 aliphatic rings. The molecule has 0 bridgehead atoms. The summed E-state index contributed by atoms with van der Waals surface area (Å²) in [4.78, 5) is 8.45. The van der Waals surface area contributed by atoms with Gasteiger partial charge in [0.1, 0.15) is 18.0 Å². The van der Waals surface area contributed by atoms with Crippen LogP contribution in [-0.2, 0) is 0 Å². The molecule has 0 unspecified atom stereocenters. The summed E-state index contributed by atoms with van der Waals surface area (Å²) >= 11 is 12.4. The molecule has 0 saturated heterocycles. The first-order chi connectivity index (χ1) is 9.52. The van der Waals surface area contributed by atoms with Gasteiger partial charge in [-0.05, 0) is 38.5 Å². The zero-order valence-corrected chi connectivity index (χ0v) is 13.1. The van der Waals surface area contributed by atoms with E-state index in [0.717, 1.165) is 29.2 Å². The highest BCUT2D eigenvalue weighted by atomic mass is 35.5. The summed E-state index contributed by atoms with van der Waals surface area (Å²) in [6.45, 7) is 6.68. The highest BCUT2D eigenvalue weighted by molar-refractivity contribution is 6.35. The number of hydrogen-bond acceptors (Lipinski definition) is 4. The lowest BCUT2D eigenvalue weighted by molar-refractivity contribution is 1.08. The van der Waals surface area contributed by atoms with Gasteiger partial charge in [-0.3, -0.25) is 0 Å². The van der Waals surface area contributed by atoms with Gasteiger partial charge in [-0.2, -0.15) is 0 Å². The van der Waals surface area contributed by atoms with Crippen LogP contribution >= 0.6 is 23.2 Å². The van der Waals surface area contributed by atoms with Crippen LogP contribution in [0.25, 0.3) is 0 Å². The standard InChI is InChI=1S/C14H16Cl2N4/c1-4-17-13-9(3)14(19-7-18-13)20-12-6-10(15)8(2)5-11(12)16/h5-7H,4H2,1-3H3,(H2,17,18,19,20). The largest absolute Gasteiger partial charge is 0.370 e. The molecule has 0 atom stereocenters. The summed E-state index contributed by atoms with van der Waals surface area (Å²) in [7, 11) is 0. The van der Waals surface area contributed by atoms with E-state index in [0.29, 0.717) is 15.9 Å². The molecule has 0 aliphatic carbocycles. The van der Waals surface area contributed by atoms with E-state index in [-0.39, 0.29) is 0 Å². The third-order valence-corrected chi connectivity index (χ3v) is 3.65. The molecule has 0 fully saturated rings. The van der Waals surface area contributed by atoms with E-state index in [1.165, 1.54) is 6.33 Å². The van der Waals surface area contributed by atoms with E-state index in [4.69, 9.17) is 23.2 Å². The van der Waals surface area contributed by atoms with Crippen molar-refractivity contribution in [3.8, 4) is 0 Å². The van der Waals surface area contributed by atoms with Crippen LogP contribution in [-0.4, -0.2) is 16.5 Å². The molecular formula is C14H16Cl2N4. The van der Waals surface area contributed by atoms with Gasteiger partial charge in [0.05, 0.1) is 10.7 Å². The van der Waals surface area contributed by atoms with Crippen molar-refractivity contribution in [1.29, 1.82) is 0 Å². The highest BCUT2D eigenvalue weighted by Crippen LogP contribution is 2.32. The Hall–Kier alpha value is -1.52. The normalized spacial score (nSPS) is 10.4. The van der Waals surface area contributed by atoms with Crippen molar-refractivity contribution >= 4 is 40.5 Å². The second kappa shape index (κ2) is 6.29. The van der Waals surface area contributed by atoms with Gasteiger partial charge in [0.15, 0.2) is 0 Å². The first kappa shape index (κ1) is 14.9. The van der Waals surface area contributed by atoms with Crippen LogP contribution in [0.2, 0.25) is 10.0 Å². The van der Waals surface area contributed by atoms with Crippen molar-refractivity contribution in [2.24, 2.45) is 0 Å². The van der Waals surface area contributed by atoms with Crippen LogP contribution in [0.1, 0.15) is 18.1 Å². The summed E-state index contributed by atoms with van der Waals surface area (Å²) in [5.74, 6) is 1.51. The molecule has 0 saturated carbocycles. The third kappa shape index (κ3) is 3.14. The molecule has 2 aromatic rings. The number of nitrogens with one attached hydrogen (secondary N) is 2. The van der Waals surface area contributed by atoms with Gasteiger partial charge in [0.2, 0.25) is 0 Å². The fourth-order valence-electron chi connectivity index (χ4n) is 1.79. The summed E-state index contributed by atoms with van der Waals surface area (Å²) in [5, 5.41) is 7.66. The molecule has 0 spiro atoms. The second-order valence-corrected chi connectivity index (χ2v) is 5.25. The monoisotopic (exact) mass is 310 g/mol. The van der Waals surface area contributed by atoms with Crippen LogP contribution < -0.4 is 10.6 Å². The van der Waals surface area contributed by atoms with Gasteiger partial charge in [-0.1, -0.05) is 23.2 Å². The van der Waals surface area contributed by atoms with Gasteiger partial charge < -0.3 is 10.6 Å². The fraction of sp³-hybridized carbons (Fsp3) is 0.286. The maximum atomic E-state index is 6.22. The Morgan fingerprint density at radius 3 is 2.45 bits per heavy atom. The molecule has 2 rings (SSSR count). The van der Waals surface area contributed by atoms with Crippen LogP contribution in [0.15, 0.2) is 18.5 Å². The number of nitrogens with zero attached hydrogens (tertiary/aromatic N) is 2. The Balaban J connectivity index is 2.35. The first-order valence-corrected chi connectivity index (χ1v) is 7.06. The minimum Gasteiger partial charge on any atom is -0.370 e. The molecule has 1 aromatic carbocycles. The second-order valence-electron chi connectivity index (χ2n) is 4.43. The molecule has 0 amide bonds. The van der Waals surface area contributed by atoms with Crippen molar-refractivity contribution in [3.63, 3.8) is 0 Å². The van der Waals surface area contributed by atoms with Crippen molar-refractivity contribution in [3.05, 3.63) is 39.6 Å². The van der Waals surface area contributed by atoms with Crippen molar-refractivity contribution in [2.45, 2.75) is 20.8 Å². The number of anilines is 3. The summed E-state index contributed by atoms with van der Waals surface area (Å²) in [6, 6.07) is 3.63. The lowest BCUT2D eigenvalue weighted by atomic mass is 10.2. The molecule has 2 N–H and O–H groups in total. The number of aryl methyl sites for hydroxylation is 1. The van der Waals surface area contributed by atoms with Gasteiger partial charge >= 0.3 is 0 Å². The molecule has 0 radical (unpaired) electrons. The molecule has 1 aromatic heterocycles. The van der Waals surface area contributed by atoms with Gasteiger partial charge in [-0.25, -0.2) is 9.97 Å². The van der Waals surface area contributed by atoms with E-state index in [1.807, 2.05) is 26.8 Å². The van der Waals surface area contributed by atoms with Crippen molar-refractivity contribution < 1.29 is 0 Å². The minimum atomic E-state index is 0.606. The topological polar surface area (TPSA) is 49.8 Å². The smallest absolute Gasteiger partial charge is 0.138 e. The summed E-state index contributed by atoms with van der Waals surface area (Å²) in [5.41, 5.74) is 2.60. The molecule has 106 valence electrons. The highest BCUT2D eigenvalue weighted by Gasteiger charge is 2.10. The predicted octanol–water partition coefficient (Wildman–Crippen LogP) is 4.58. The lowest BCUT2D eigenvalue weighted by Gasteiger charge is -2.13. The Morgan fingerprint density at radius 1 is 1.05 bits per heavy atom. The van der Waals surface area contributed by atoms with E-state index in [1.54, 1.807) is 6.07 Å². The molecular weight excluding hydrogens is 295 g/mol. The lowest BCUT2D eigenvalue weighted by Crippen LogP contribution is -2.05. The number of halogens is 2. The molecule has 6 heteroatoms. The fourth-order valence-corrected chi connectivity index (χ4v) is 2.22. The first-order valence-electron chi connectivity index (χ1n) is 6.31.